The Morgan fingerprint density at radius 3 is 2.65 bits per heavy atom. The van der Waals surface area contributed by atoms with Crippen LogP contribution in [0.15, 0.2) is 47.4 Å². The summed E-state index contributed by atoms with van der Waals surface area (Å²) in [5.41, 5.74) is 12.5. The zero-order chi connectivity index (χ0) is 22.3. The number of rotatable bonds is 6. The molecule has 2 saturated heterocycles. The quantitative estimate of drug-likeness (QED) is 0.277. The summed E-state index contributed by atoms with van der Waals surface area (Å²) in [5.74, 6) is -2.20. The molecule has 10 nitrogen and oxygen atoms in total. The van der Waals surface area contributed by atoms with Gasteiger partial charge in [0, 0.05) is 36.5 Å². The van der Waals surface area contributed by atoms with E-state index in [0.29, 0.717) is 36.4 Å². The molecule has 0 aromatic carbocycles. The smallest absolute Gasteiger partial charge is 0.283 e. The van der Waals surface area contributed by atoms with Gasteiger partial charge in [0.15, 0.2) is 12.4 Å². The Morgan fingerprint density at radius 2 is 2.00 bits per heavy atom. The van der Waals surface area contributed by atoms with Crippen molar-refractivity contribution in [3.05, 3.63) is 53.0 Å². The largest absolute Gasteiger partial charge is 0.543 e. The number of amides is 3. The molecule has 2 atom stereocenters. The lowest BCUT2D eigenvalue weighted by Crippen LogP contribution is -2.69. The van der Waals surface area contributed by atoms with E-state index >= 15 is 0 Å². The zero-order valence-electron chi connectivity index (χ0n) is 16.5. The molecule has 1 aromatic heterocycles. The average molecular weight is 443 g/mol. The van der Waals surface area contributed by atoms with E-state index < -0.39 is 29.2 Å². The standard InChI is InChI=1S/C20H21N5O5S/c21-14(26)9-23-4-1-11(2-5-23)8-24-6-3-12(17(24)27)7-13-10-31-19-15(22)18(28)25(19)16(13)20(29)30/h1-2,4-5,7,15,19H,3,6,8-10,22H2,(H2-,21,26,29,30)/b12-7+/t15-,19-/m1/s1. The van der Waals surface area contributed by atoms with Crippen LogP contribution in [0.4, 0.5) is 0 Å². The van der Waals surface area contributed by atoms with Crippen LogP contribution in [0.1, 0.15) is 12.0 Å². The van der Waals surface area contributed by atoms with E-state index in [-0.39, 0.29) is 18.1 Å². The third-order valence-corrected chi connectivity index (χ3v) is 6.79. The molecule has 2 fully saturated rings. The first-order valence-corrected chi connectivity index (χ1v) is 10.7. The van der Waals surface area contributed by atoms with Gasteiger partial charge in [0.25, 0.3) is 5.91 Å². The molecule has 31 heavy (non-hydrogen) atoms. The fourth-order valence-electron chi connectivity index (χ4n) is 3.90. The molecule has 4 rings (SSSR count). The normalized spacial score (nSPS) is 24.5. The number of hydrogen-bond donors (Lipinski definition) is 2. The number of fused-ring (bicyclic) bond motifs is 1. The van der Waals surface area contributed by atoms with Crippen LogP contribution in [0, 0.1) is 0 Å². The minimum atomic E-state index is -1.45. The van der Waals surface area contributed by atoms with Crippen molar-refractivity contribution in [3.8, 4) is 0 Å². The van der Waals surface area contributed by atoms with Gasteiger partial charge in [-0.1, -0.05) is 0 Å². The number of carboxylic acids is 1. The molecule has 0 bridgehead atoms. The molecule has 4 N–H and O–H groups in total. The number of nitrogens with zero attached hydrogens (tertiary/aromatic N) is 3. The van der Waals surface area contributed by atoms with Crippen molar-refractivity contribution >= 4 is 35.5 Å². The fraction of sp³-hybridized carbons (Fsp3) is 0.350. The van der Waals surface area contributed by atoms with Gasteiger partial charge in [-0.2, -0.15) is 4.57 Å². The van der Waals surface area contributed by atoms with Crippen molar-refractivity contribution in [1.82, 2.24) is 9.80 Å². The number of carboxylic acid groups (broad SMARTS) is 1. The summed E-state index contributed by atoms with van der Waals surface area (Å²) in [6.45, 7) is 0.962. The summed E-state index contributed by atoms with van der Waals surface area (Å²) in [5, 5.41) is 11.3. The summed E-state index contributed by atoms with van der Waals surface area (Å²) in [7, 11) is 0. The van der Waals surface area contributed by atoms with Gasteiger partial charge < -0.3 is 26.3 Å². The van der Waals surface area contributed by atoms with Gasteiger partial charge >= 0.3 is 0 Å². The lowest BCUT2D eigenvalue weighted by molar-refractivity contribution is -0.684. The third kappa shape index (κ3) is 3.93. The first-order chi connectivity index (χ1) is 14.8. The second kappa shape index (κ2) is 8.16. The first-order valence-electron chi connectivity index (χ1n) is 9.67. The van der Waals surface area contributed by atoms with Crippen LogP contribution in [0.5, 0.6) is 0 Å². The number of aromatic nitrogens is 1. The van der Waals surface area contributed by atoms with E-state index in [1.54, 1.807) is 27.9 Å². The van der Waals surface area contributed by atoms with Crippen molar-refractivity contribution in [2.24, 2.45) is 11.5 Å². The Bertz CT molecular complexity index is 1030. The highest BCUT2D eigenvalue weighted by Gasteiger charge is 2.50. The highest BCUT2D eigenvalue weighted by atomic mass is 32.2. The highest BCUT2D eigenvalue weighted by Crippen LogP contribution is 2.40. The van der Waals surface area contributed by atoms with Gasteiger partial charge in [0.2, 0.25) is 18.4 Å². The van der Waals surface area contributed by atoms with Gasteiger partial charge in [-0.05, 0) is 23.6 Å². The van der Waals surface area contributed by atoms with Gasteiger partial charge in [-0.15, -0.1) is 11.8 Å². The maximum absolute atomic E-state index is 12.8. The number of thioether (sulfide) groups is 1. The number of primary amides is 1. The average Bonchev–Trinajstić information content (AvgIpc) is 3.07. The number of aliphatic carboxylic acids is 1. The first kappa shape index (κ1) is 21.1. The molecule has 3 amide bonds. The minimum Gasteiger partial charge on any atom is -0.543 e. The van der Waals surface area contributed by atoms with Gasteiger partial charge in [0.1, 0.15) is 11.4 Å². The molecular weight excluding hydrogens is 422 g/mol. The van der Waals surface area contributed by atoms with Gasteiger partial charge in [-0.3, -0.25) is 19.3 Å². The number of carbonyl (C=O) groups excluding carboxylic acids is 4. The number of nitrogens with two attached hydrogens (primary N) is 2. The molecule has 4 heterocycles. The maximum atomic E-state index is 12.8. The molecule has 0 saturated carbocycles. The predicted molar refractivity (Wildman–Crippen MR) is 107 cm³/mol. The molecule has 162 valence electrons. The minimum absolute atomic E-state index is 0.0784. The van der Waals surface area contributed by atoms with Crippen molar-refractivity contribution in [2.75, 3.05) is 12.3 Å². The molecule has 1 aromatic rings. The van der Waals surface area contributed by atoms with Crippen molar-refractivity contribution in [1.29, 1.82) is 0 Å². The number of pyridine rings is 1. The molecule has 11 heteroatoms. The number of carbonyl (C=O) groups is 4. The Balaban J connectivity index is 1.50. The molecule has 3 aliphatic heterocycles. The van der Waals surface area contributed by atoms with Gasteiger partial charge in [-0.25, -0.2) is 0 Å². The van der Waals surface area contributed by atoms with E-state index in [0.717, 1.165) is 10.5 Å². The molecule has 0 unspecified atom stereocenters. The summed E-state index contributed by atoms with van der Waals surface area (Å²) in [6, 6.07) is 2.90. The SMILES string of the molecule is NC(=O)C[n+]1ccc(CN2CC/C(=C\C3=C(C(=O)[O-])N4C(=O)[C@@H](N)[C@H]4SC3)C2=O)cc1. The fourth-order valence-corrected chi connectivity index (χ4v) is 5.15. The van der Waals surface area contributed by atoms with Crippen LogP contribution in [0.2, 0.25) is 0 Å². The van der Waals surface area contributed by atoms with E-state index in [2.05, 4.69) is 0 Å². The Labute approximate surface area is 182 Å². The topological polar surface area (TPSA) is 154 Å². The van der Waals surface area contributed by atoms with Crippen LogP contribution >= 0.6 is 11.8 Å². The molecule has 0 aliphatic carbocycles. The number of β-lactam (4-membered cyclic amide) rings is 1. The number of likely N-dealkylation sites (tertiary alicyclic amines) is 1. The Morgan fingerprint density at radius 1 is 1.29 bits per heavy atom. The molecule has 3 aliphatic rings. The van der Waals surface area contributed by atoms with Crippen molar-refractivity contribution < 1.29 is 28.9 Å². The summed E-state index contributed by atoms with van der Waals surface area (Å²) < 4.78 is 1.65. The van der Waals surface area contributed by atoms with E-state index in [1.165, 1.54) is 11.8 Å². The van der Waals surface area contributed by atoms with Crippen LogP contribution < -0.4 is 21.1 Å². The van der Waals surface area contributed by atoms with Gasteiger partial charge in [0.05, 0.1) is 11.7 Å². The Hall–Kier alpha value is -3.18. The number of hydrogen-bond acceptors (Lipinski definition) is 7. The summed E-state index contributed by atoms with van der Waals surface area (Å²) >= 11 is 1.37. The molecular formula is C20H21N5O5S. The maximum Gasteiger partial charge on any atom is 0.283 e. The summed E-state index contributed by atoms with van der Waals surface area (Å²) in [4.78, 5) is 50.4. The second-order valence-corrected chi connectivity index (χ2v) is 8.69. The van der Waals surface area contributed by atoms with Crippen LogP contribution in [0.25, 0.3) is 0 Å². The lowest BCUT2D eigenvalue weighted by Gasteiger charge is -2.49. The van der Waals surface area contributed by atoms with E-state index in [4.69, 9.17) is 11.5 Å². The van der Waals surface area contributed by atoms with E-state index in [1.807, 2.05) is 12.1 Å². The molecule has 0 radical (unpaired) electrons. The van der Waals surface area contributed by atoms with Crippen molar-refractivity contribution in [2.45, 2.75) is 30.9 Å². The van der Waals surface area contributed by atoms with Crippen LogP contribution in [-0.2, 0) is 32.3 Å². The summed E-state index contributed by atoms with van der Waals surface area (Å²) in [6.07, 6.45) is 5.48. The lowest BCUT2D eigenvalue weighted by atomic mass is 10.0. The highest BCUT2D eigenvalue weighted by molar-refractivity contribution is 8.00. The second-order valence-electron chi connectivity index (χ2n) is 7.59. The third-order valence-electron chi connectivity index (χ3n) is 5.47. The molecule has 0 spiro atoms. The monoisotopic (exact) mass is 443 g/mol. The van der Waals surface area contributed by atoms with E-state index in [9.17, 15) is 24.3 Å². The predicted octanol–water partition coefficient (Wildman–Crippen LogP) is -2.64. The van der Waals surface area contributed by atoms with Crippen LogP contribution in [-0.4, -0.2) is 57.2 Å². The Kier molecular flexibility index (Phi) is 5.54. The van der Waals surface area contributed by atoms with Crippen LogP contribution in [0.3, 0.4) is 0 Å². The van der Waals surface area contributed by atoms with Crippen molar-refractivity contribution in [3.63, 3.8) is 0 Å². The number of allylic oxidation sites excluding steroid dienone is 1. The zero-order valence-corrected chi connectivity index (χ0v) is 17.3.